The van der Waals surface area contributed by atoms with E-state index in [0.29, 0.717) is 5.95 Å². The van der Waals surface area contributed by atoms with E-state index in [1.807, 2.05) is 12.2 Å². The van der Waals surface area contributed by atoms with E-state index >= 15 is 0 Å². The third-order valence-electron chi connectivity index (χ3n) is 12.9. The van der Waals surface area contributed by atoms with E-state index in [9.17, 15) is 0 Å². The molecule has 61 heavy (non-hydrogen) atoms. The van der Waals surface area contributed by atoms with Crippen molar-refractivity contribution in [2.75, 3.05) is 9.80 Å². The highest BCUT2D eigenvalue weighted by Crippen LogP contribution is 2.53. The Morgan fingerprint density at radius 2 is 1.31 bits per heavy atom. The van der Waals surface area contributed by atoms with Crippen LogP contribution in [0.15, 0.2) is 219 Å². The van der Waals surface area contributed by atoms with Crippen LogP contribution in [0.3, 0.4) is 0 Å². The van der Waals surface area contributed by atoms with Gasteiger partial charge in [-0.15, -0.1) is 0 Å². The molecule has 11 rings (SSSR count). The first kappa shape index (κ1) is 36.5. The molecule has 1 aromatic heterocycles. The molecule has 2 unspecified atom stereocenters. The molecule has 292 valence electrons. The van der Waals surface area contributed by atoms with Crippen molar-refractivity contribution < 1.29 is 0 Å². The lowest BCUT2D eigenvalue weighted by atomic mass is 9.72. The van der Waals surface area contributed by atoms with Crippen LogP contribution in [0.25, 0.3) is 49.6 Å². The quantitative estimate of drug-likeness (QED) is 0.161. The molecule has 1 aliphatic carbocycles. The first-order valence-electron chi connectivity index (χ1n) is 21.1. The number of aromatic nitrogens is 2. The van der Waals surface area contributed by atoms with Gasteiger partial charge in [0.05, 0.1) is 22.9 Å². The zero-order valence-electron chi connectivity index (χ0n) is 34.3. The first-order valence-corrected chi connectivity index (χ1v) is 21.1. The number of allylic oxidation sites excluding steroid dienone is 5. The number of nitrogens with zero attached hydrogens (tertiary/aromatic N) is 4. The summed E-state index contributed by atoms with van der Waals surface area (Å²) in [7, 11) is 0. The van der Waals surface area contributed by atoms with Crippen LogP contribution in [0.2, 0.25) is 0 Å². The Labute approximate surface area is 357 Å². The van der Waals surface area contributed by atoms with E-state index in [1.165, 1.54) is 38.6 Å². The lowest BCUT2D eigenvalue weighted by molar-refractivity contribution is 0.621. The summed E-state index contributed by atoms with van der Waals surface area (Å²) >= 11 is 0. The van der Waals surface area contributed by atoms with Crippen LogP contribution in [-0.2, 0) is 5.41 Å². The average Bonchev–Trinajstić information content (AvgIpc) is 3.65. The fourth-order valence-corrected chi connectivity index (χ4v) is 10.0. The van der Waals surface area contributed by atoms with Crippen molar-refractivity contribution in [1.29, 1.82) is 0 Å². The van der Waals surface area contributed by atoms with Gasteiger partial charge in [0, 0.05) is 39.4 Å². The second-order valence-electron chi connectivity index (χ2n) is 16.7. The largest absolute Gasteiger partial charge is 0.310 e. The Hall–Kier alpha value is -7.56. The lowest BCUT2D eigenvalue weighted by Gasteiger charge is -2.42. The molecule has 0 fully saturated rings. The van der Waals surface area contributed by atoms with Crippen molar-refractivity contribution in [3.63, 3.8) is 0 Å². The second kappa shape index (κ2) is 14.3. The van der Waals surface area contributed by atoms with Crippen LogP contribution in [0.1, 0.15) is 36.5 Å². The van der Waals surface area contributed by atoms with Crippen molar-refractivity contribution in [1.82, 2.24) is 9.97 Å². The monoisotopic (exact) mass is 784 g/mol. The van der Waals surface area contributed by atoms with Crippen molar-refractivity contribution in [2.24, 2.45) is 0 Å². The SMILES string of the molecule is C=CC1=C(C=C)C(C)(C)c2cc(C3=CC4c5c(ccc6ccccc56)N(c5nc(-c6cccc(-c7ccccc7)c6)c6ccccc6n5)C4C=C3)ccc2N1c1ccccc1. The number of hydrogen-bond donors (Lipinski definition) is 0. The molecule has 0 radical (unpaired) electrons. The third kappa shape index (κ3) is 5.82. The Balaban J connectivity index is 1.05. The van der Waals surface area contributed by atoms with Gasteiger partial charge in [-0.1, -0.05) is 173 Å². The number of anilines is 4. The molecule has 0 saturated carbocycles. The molecule has 0 spiro atoms. The fraction of sp³-hybridized carbons (Fsp3) is 0.0877. The normalized spacial score (nSPS) is 17.5. The number of hydrogen-bond acceptors (Lipinski definition) is 4. The van der Waals surface area contributed by atoms with Gasteiger partial charge < -0.3 is 9.80 Å². The average molecular weight is 785 g/mol. The molecule has 0 bridgehead atoms. The molecule has 0 amide bonds. The minimum atomic E-state index is -0.303. The van der Waals surface area contributed by atoms with Gasteiger partial charge in [0.1, 0.15) is 0 Å². The molecule has 3 heterocycles. The predicted molar refractivity (Wildman–Crippen MR) is 256 cm³/mol. The summed E-state index contributed by atoms with van der Waals surface area (Å²) in [4.78, 5) is 15.5. The Bertz CT molecular complexity index is 3170. The van der Waals surface area contributed by atoms with Gasteiger partial charge in [0.25, 0.3) is 0 Å². The van der Waals surface area contributed by atoms with E-state index < -0.39 is 0 Å². The van der Waals surface area contributed by atoms with E-state index in [4.69, 9.17) is 9.97 Å². The van der Waals surface area contributed by atoms with Gasteiger partial charge in [0.15, 0.2) is 0 Å². The minimum Gasteiger partial charge on any atom is -0.310 e. The highest BCUT2D eigenvalue weighted by molar-refractivity contribution is 5.98. The predicted octanol–water partition coefficient (Wildman–Crippen LogP) is 14.4. The summed E-state index contributed by atoms with van der Waals surface area (Å²) in [6.45, 7) is 13.1. The molecule has 4 heteroatoms. The van der Waals surface area contributed by atoms with Crippen LogP contribution < -0.4 is 9.80 Å². The van der Waals surface area contributed by atoms with Gasteiger partial charge in [-0.2, -0.15) is 0 Å². The summed E-state index contributed by atoms with van der Waals surface area (Å²) in [5.74, 6) is 0.754. The zero-order valence-corrected chi connectivity index (χ0v) is 34.3. The number of para-hydroxylation sites is 2. The highest BCUT2D eigenvalue weighted by Gasteiger charge is 2.42. The molecule has 8 aromatic rings. The van der Waals surface area contributed by atoms with E-state index in [0.717, 1.165) is 56.1 Å². The Kier molecular flexibility index (Phi) is 8.57. The molecule has 4 nitrogen and oxygen atoms in total. The smallest absolute Gasteiger partial charge is 0.231 e. The van der Waals surface area contributed by atoms with Gasteiger partial charge in [-0.25, -0.2) is 9.97 Å². The van der Waals surface area contributed by atoms with Crippen molar-refractivity contribution in [3.05, 3.63) is 235 Å². The van der Waals surface area contributed by atoms with Crippen LogP contribution in [0, 0.1) is 0 Å². The van der Waals surface area contributed by atoms with Crippen LogP contribution in [0.4, 0.5) is 23.0 Å². The molecular weight excluding hydrogens is 741 g/mol. The van der Waals surface area contributed by atoms with Crippen molar-refractivity contribution in [3.8, 4) is 22.4 Å². The topological polar surface area (TPSA) is 32.3 Å². The van der Waals surface area contributed by atoms with Gasteiger partial charge >= 0.3 is 0 Å². The fourth-order valence-electron chi connectivity index (χ4n) is 10.0. The maximum Gasteiger partial charge on any atom is 0.231 e. The molecule has 0 N–H and O–H groups in total. The van der Waals surface area contributed by atoms with Crippen molar-refractivity contribution in [2.45, 2.75) is 31.2 Å². The number of benzene rings is 7. The van der Waals surface area contributed by atoms with Crippen LogP contribution >= 0.6 is 0 Å². The second-order valence-corrected chi connectivity index (χ2v) is 16.7. The molecule has 0 saturated heterocycles. The Morgan fingerprint density at radius 3 is 2.11 bits per heavy atom. The lowest BCUT2D eigenvalue weighted by Crippen LogP contribution is -2.33. The first-order chi connectivity index (χ1) is 29.9. The summed E-state index contributed by atoms with van der Waals surface area (Å²) in [6.07, 6.45) is 11.1. The Morgan fingerprint density at radius 1 is 0.607 bits per heavy atom. The summed E-state index contributed by atoms with van der Waals surface area (Å²) in [6, 6.07) is 58.4. The number of fused-ring (bicyclic) bond motifs is 7. The summed E-state index contributed by atoms with van der Waals surface area (Å²) < 4.78 is 0. The molecule has 2 atom stereocenters. The van der Waals surface area contributed by atoms with Crippen LogP contribution in [0.5, 0.6) is 0 Å². The maximum atomic E-state index is 5.50. The van der Waals surface area contributed by atoms with E-state index in [-0.39, 0.29) is 17.4 Å². The van der Waals surface area contributed by atoms with Gasteiger partial charge in [-0.3, -0.25) is 0 Å². The van der Waals surface area contributed by atoms with E-state index in [1.54, 1.807) is 0 Å². The van der Waals surface area contributed by atoms with Gasteiger partial charge in [-0.05, 0) is 98.3 Å². The number of rotatable bonds is 7. The molecular formula is C57H44N4. The highest BCUT2D eigenvalue weighted by atomic mass is 15.3. The third-order valence-corrected chi connectivity index (χ3v) is 12.9. The maximum absolute atomic E-state index is 5.50. The van der Waals surface area contributed by atoms with Crippen molar-refractivity contribution >= 4 is 50.3 Å². The molecule has 2 aliphatic heterocycles. The standard InChI is InChI=1S/C57H44N4/c1-5-47-50(6-2)60(43-23-11-8-12-24-43)52-32-30-41(36-48(52)57(47,3)4)40-29-31-51-46(35-40)54-44-25-14-13-20-38(44)28-33-53(54)61(51)56-58-49-27-16-15-26-45(49)55(59-56)42-22-17-21-39(34-42)37-18-9-7-10-19-37/h5-36,46,51H,1-2H2,3-4H3. The van der Waals surface area contributed by atoms with Gasteiger partial charge in [0.2, 0.25) is 5.95 Å². The summed E-state index contributed by atoms with van der Waals surface area (Å²) in [5.41, 5.74) is 15.5. The van der Waals surface area contributed by atoms with E-state index in [2.05, 4.69) is 219 Å². The minimum absolute atomic E-state index is 0.0256. The summed E-state index contributed by atoms with van der Waals surface area (Å²) in [5, 5.41) is 3.51. The van der Waals surface area contributed by atoms with Crippen LogP contribution in [-0.4, -0.2) is 16.0 Å². The molecule has 3 aliphatic rings. The molecule has 7 aromatic carbocycles. The zero-order chi connectivity index (χ0) is 41.2.